The van der Waals surface area contributed by atoms with Crippen molar-refractivity contribution < 1.29 is 14.7 Å². The zero-order valence-corrected chi connectivity index (χ0v) is 16.1. The molecular weight excluding hydrogens is 330 g/mol. The Labute approximate surface area is 154 Å². The molecule has 2 N–H and O–H groups in total. The van der Waals surface area contributed by atoms with E-state index in [1.165, 1.54) is 25.0 Å². The molecule has 0 radical (unpaired) electrons. The Morgan fingerprint density at radius 3 is 2.35 bits per heavy atom. The number of hydrogen-bond donors (Lipinski definition) is 2. The van der Waals surface area contributed by atoms with E-state index in [0.717, 1.165) is 17.0 Å². The first kappa shape index (κ1) is 19.7. The van der Waals surface area contributed by atoms with Gasteiger partial charge in [0.25, 0.3) is 0 Å². The molecule has 6 nitrogen and oxygen atoms in total. The normalized spacial score (nSPS) is 11.4. The molecule has 0 aliphatic carbocycles. The Balaban J connectivity index is 2.04. The summed E-state index contributed by atoms with van der Waals surface area (Å²) in [5.74, 6) is -1.33. The third-order valence-electron chi connectivity index (χ3n) is 4.57. The molecule has 0 unspecified atom stereocenters. The third-order valence-corrected chi connectivity index (χ3v) is 4.57. The number of carbonyl (C=O) groups excluding carboxylic acids is 1. The number of aromatic nitrogens is 2. The van der Waals surface area contributed by atoms with Gasteiger partial charge in [-0.05, 0) is 52.2 Å². The third kappa shape index (κ3) is 4.71. The Morgan fingerprint density at radius 1 is 1.15 bits per heavy atom. The Morgan fingerprint density at radius 2 is 1.77 bits per heavy atom. The van der Waals surface area contributed by atoms with Crippen LogP contribution in [-0.2, 0) is 22.6 Å². The average molecular weight is 357 g/mol. The lowest BCUT2D eigenvalue weighted by atomic mass is 10.0. The molecule has 1 amide bonds. The van der Waals surface area contributed by atoms with Gasteiger partial charge in [-0.2, -0.15) is 5.10 Å². The predicted octanol–water partition coefficient (Wildman–Crippen LogP) is 2.77. The topological polar surface area (TPSA) is 84.2 Å². The van der Waals surface area contributed by atoms with Crippen molar-refractivity contribution in [1.29, 1.82) is 0 Å². The molecule has 6 heteroatoms. The van der Waals surface area contributed by atoms with Crippen LogP contribution in [0, 0.1) is 20.8 Å². The summed E-state index contributed by atoms with van der Waals surface area (Å²) in [6.07, 6.45) is 0.766. The standard InChI is InChI=1S/C20H27N3O3/c1-13-6-8-16(9-7-13)12-23-15(3)17(14(2)22-23)10-11-18(24)21-20(4,5)19(25)26/h6-9H,10-12H2,1-5H3,(H,21,24)(H,25,26). The fourth-order valence-electron chi connectivity index (χ4n) is 2.82. The number of rotatable bonds is 7. The van der Waals surface area contributed by atoms with Gasteiger partial charge >= 0.3 is 5.97 Å². The lowest BCUT2D eigenvalue weighted by Crippen LogP contribution is -2.49. The van der Waals surface area contributed by atoms with Gasteiger partial charge in [-0.3, -0.25) is 9.48 Å². The molecule has 1 aromatic heterocycles. The van der Waals surface area contributed by atoms with Crippen LogP contribution < -0.4 is 5.32 Å². The van der Waals surface area contributed by atoms with E-state index in [2.05, 4.69) is 41.6 Å². The monoisotopic (exact) mass is 357 g/mol. The molecule has 2 rings (SSSR count). The van der Waals surface area contributed by atoms with E-state index in [1.54, 1.807) is 0 Å². The summed E-state index contributed by atoms with van der Waals surface area (Å²) in [4.78, 5) is 23.2. The number of carboxylic acids is 1. The minimum Gasteiger partial charge on any atom is -0.480 e. The van der Waals surface area contributed by atoms with Gasteiger partial charge in [-0.1, -0.05) is 29.8 Å². The van der Waals surface area contributed by atoms with Gasteiger partial charge in [-0.15, -0.1) is 0 Å². The van der Waals surface area contributed by atoms with Crippen LogP contribution in [0.1, 0.15) is 48.3 Å². The van der Waals surface area contributed by atoms with Gasteiger partial charge in [0.05, 0.1) is 12.2 Å². The molecule has 26 heavy (non-hydrogen) atoms. The quantitative estimate of drug-likeness (QED) is 0.798. The van der Waals surface area contributed by atoms with Crippen LogP contribution in [0.3, 0.4) is 0 Å². The number of nitrogens with zero attached hydrogens (tertiary/aromatic N) is 2. The lowest BCUT2D eigenvalue weighted by Gasteiger charge is -2.20. The zero-order valence-electron chi connectivity index (χ0n) is 16.1. The number of hydrogen-bond acceptors (Lipinski definition) is 3. The van der Waals surface area contributed by atoms with Gasteiger partial charge in [0.2, 0.25) is 5.91 Å². The van der Waals surface area contributed by atoms with Crippen molar-refractivity contribution in [3.63, 3.8) is 0 Å². The number of carboxylic acid groups (broad SMARTS) is 1. The first-order valence-corrected chi connectivity index (χ1v) is 8.73. The molecule has 1 aromatic carbocycles. The SMILES string of the molecule is Cc1ccc(Cn2nc(C)c(CCC(=O)NC(C)(C)C(=O)O)c2C)cc1. The second-order valence-corrected chi connectivity index (χ2v) is 7.27. The van der Waals surface area contributed by atoms with Crippen LogP contribution in [0.25, 0.3) is 0 Å². The van der Waals surface area contributed by atoms with Crippen LogP contribution >= 0.6 is 0 Å². The number of carbonyl (C=O) groups is 2. The van der Waals surface area contributed by atoms with Crippen molar-refractivity contribution >= 4 is 11.9 Å². The maximum absolute atomic E-state index is 12.1. The molecule has 0 spiro atoms. The van der Waals surface area contributed by atoms with Crippen molar-refractivity contribution in [3.8, 4) is 0 Å². The second kappa shape index (κ2) is 7.72. The summed E-state index contributed by atoms with van der Waals surface area (Å²) in [6.45, 7) is 9.63. The summed E-state index contributed by atoms with van der Waals surface area (Å²) >= 11 is 0. The first-order chi connectivity index (χ1) is 12.1. The van der Waals surface area contributed by atoms with Crippen molar-refractivity contribution in [2.45, 2.75) is 59.5 Å². The maximum Gasteiger partial charge on any atom is 0.328 e. The van der Waals surface area contributed by atoms with E-state index >= 15 is 0 Å². The van der Waals surface area contributed by atoms with Crippen LogP contribution in [0.5, 0.6) is 0 Å². The average Bonchev–Trinajstić information content (AvgIpc) is 2.81. The van der Waals surface area contributed by atoms with Gasteiger partial charge in [0.1, 0.15) is 5.54 Å². The molecule has 0 fully saturated rings. The van der Waals surface area contributed by atoms with Gasteiger partial charge in [0.15, 0.2) is 0 Å². The van der Waals surface area contributed by atoms with Crippen LogP contribution in [0.4, 0.5) is 0 Å². The molecule has 2 aromatic rings. The van der Waals surface area contributed by atoms with Crippen LogP contribution in [0.15, 0.2) is 24.3 Å². The first-order valence-electron chi connectivity index (χ1n) is 8.73. The molecule has 0 bridgehead atoms. The van der Waals surface area contributed by atoms with Crippen LogP contribution in [-0.4, -0.2) is 32.3 Å². The minimum atomic E-state index is -1.27. The number of nitrogens with one attached hydrogen (secondary N) is 1. The molecule has 0 saturated heterocycles. The van der Waals surface area contributed by atoms with Crippen molar-refractivity contribution in [3.05, 3.63) is 52.3 Å². The Kier molecular flexibility index (Phi) is 5.85. The number of aryl methyl sites for hydroxylation is 2. The minimum absolute atomic E-state index is 0.231. The van der Waals surface area contributed by atoms with E-state index in [9.17, 15) is 9.59 Å². The zero-order chi connectivity index (χ0) is 19.5. The second-order valence-electron chi connectivity index (χ2n) is 7.27. The van der Waals surface area contributed by atoms with E-state index < -0.39 is 11.5 Å². The lowest BCUT2D eigenvalue weighted by molar-refractivity contribution is -0.146. The molecule has 1 heterocycles. The molecule has 0 aliphatic heterocycles. The maximum atomic E-state index is 12.1. The highest BCUT2D eigenvalue weighted by Crippen LogP contribution is 2.17. The van der Waals surface area contributed by atoms with E-state index in [0.29, 0.717) is 13.0 Å². The van der Waals surface area contributed by atoms with Gasteiger partial charge in [-0.25, -0.2) is 4.79 Å². The number of aliphatic carboxylic acids is 1. The summed E-state index contributed by atoms with van der Waals surface area (Å²) in [7, 11) is 0. The highest BCUT2D eigenvalue weighted by molar-refractivity contribution is 5.86. The van der Waals surface area contributed by atoms with Gasteiger partial charge in [0, 0.05) is 12.1 Å². The largest absolute Gasteiger partial charge is 0.480 e. The Bertz CT molecular complexity index is 804. The summed E-state index contributed by atoms with van der Waals surface area (Å²) in [6, 6.07) is 8.34. The highest BCUT2D eigenvalue weighted by atomic mass is 16.4. The molecule has 0 atom stereocenters. The smallest absolute Gasteiger partial charge is 0.328 e. The molecule has 0 aliphatic rings. The van der Waals surface area contributed by atoms with Gasteiger partial charge < -0.3 is 10.4 Å². The fraction of sp³-hybridized carbons (Fsp3) is 0.450. The highest BCUT2D eigenvalue weighted by Gasteiger charge is 2.28. The fourth-order valence-corrected chi connectivity index (χ4v) is 2.82. The number of benzene rings is 1. The summed E-state index contributed by atoms with van der Waals surface area (Å²) < 4.78 is 1.95. The van der Waals surface area contributed by atoms with E-state index in [-0.39, 0.29) is 12.3 Å². The van der Waals surface area contributed by atoms with Crippen molar-refractivity contribution in [2.75, 3.05) is 0 Å². The molecule has 0 saturated carbocycles. The van der Waals surface area contributed by atoms with E-state index in [1.807, 2.05) is 18.5 Å². The summed E-state index contributed by atoms with van der Waals surface area (Å²) in [5.41, 5.74) is 4.11. The number of amides is 1. The van der Waals surface area contributed by atoms with Crippen molar-refractivity contribution in [2.24, 2.45) is 0 Å². The summed E-state index contributed by atoms with van der Waals surface area (Å²) in [5, 5.41) is 16.2. The van der Waals surface area contributed by atoms with Crippen molar-refractivity contribution in [1.82, 2.24) is 15.1 Å². The van der Waals surface area contributed by atoms with E-state index in [4.69, 9.17) is 5.11 Å². The molecule has 140 valence electrons. The molecular formula is C20H27N3O3. The Hall–Kier alpha value is -2.63. The predicted molar refractivity (Wildman–Crippen MR) is 100 cm³/mol. The van der Waals surface area contributed by atoms with Crippen LogP contribution in [0.2, 0.25) is 0 Å².